The van der Waals surface area contributed by atoms with E-state index in [0.29, 0.717) is 5.56 Å². The molecular formula is C11H11F3O. The lowest BCUT2D eigenvalue weighted by atomic mass is 9.76. The molecule has 0 heterocycles. The minimum atomic E-state index is -2.63. The first kappa shape index (κ1) is 10.5. The Morgan fingerprint density at radius 2 is 1.73 bits per heavy atom. The van der Waals surface area contributed by atoms with E-state index in [4.69, 9.17) is 0 Å². The van der Waals surface area contributed by atoms with E-state index >= 15 is 0 Å². The summed E-state index contributed by atoms with van der Waals surface area (Å²) < 4.78 is 37.7. The summed E-state index contributed by atoms with van der Waals surface area (Å²) in [4.78, 5) is 0. The molecular weight excluding hydrogens is 205 g/mol. The standard InChI is InChI=1S/C11H11F3O/c12-9-3-1-7(2-4-9)10(15)8-5-11(13,14)6-8/h1-4,8,10,15H,5-6H2. The van der Waals surface area contributed by atoms with E-state index in [-0.39, 0.29) is 12.8 Å². The van der Waals surface area contributed by atoms with Crippen molar-refractivity contribution in [2.75, 3.05) is 0 Å². The smallest absolute Gasteiger partial charge is 0.248 e. The van der Waals surface area contributed by atoms with Gasteiger partial charge in [-0.25, -0.2) is 13.2 Å². The van der Waals surface area contributed by atoms with Crippen LogP contribution in [-0.2, 0) is 0 Å². The van der Waals surface area contributed by atoms with Crippen LogP contribution in [0.3, 0.4) is 0 Å². The predicted octanol–water partition coefficient (Wildman–Crippen LogP) is 2.90. The fraction of sp³-hybridized carbons (Fsp3) is 0.455. The monoisotopic (exact) mass is 216 g/mol. The van der Waals surface area contributed by atoms with Crippen LogP contribution >= 0.6 is 0 Å². The molecule has 1 unspecified atom stereocenters. The van der Waals surface area contributed by atoms with Gasteiger partial charge in [0.2, 0.25) is 5.92 Å². The molecule has 0 aromatic heterocycles. The van der Waals surface area contributed by atoms with Gasteiger partial charge in [0.05, 0.1) is 6.10 Å². The number of aliphatic hydroxyl groups excluding tert-OH is 1. The molecule has 82 valence electrons. The molecule has 0 radical (unpaired) electrons. The lowest BCUT2D eigenvalue weighted by Gasteiger charge is -2.38. The highest BCUT2D eigenvalue weighted by molar-refractivity contribution is 5.20. The van der Waals surface area contributed by atoms with Gasteiger partial charge < -0.3 is 5.11 Å². The fourth-order valence-corrected chi connectivity index (χ4v) is 1.86. The molecule has 0 saturated heterocycles. The highest BCUT2D eigenvalue weighted by Crippen LogP contribution is 2.48. The molecule has 1 aliphatic rings. The number of halogens is 3. The van der Waals surface area contributed by atoms with Gasteiger partial charge in [0, 0.05) is 18.8 Å². The Morgan fingerprint density at radius 1 is 1.20 bits per heavy atom. The van der Waals surface area contributed by atoms with Crippen molar-refractivity contribution in [3.63, 3.8) is 0 Å². The number of alkyl halides is 2. The second-order valence-corrected chi connectivity index (χ2v) is 4.02. The van der Waals surface area contributed by atoms with E-state index in [1.165, 1.54) is 24.3 Å². The summed E-state index contributed by atoms with van der Waals surface area (Å²) in [6.07, 6.45) is -1.48. The Morgan fingerprint density at radius 3 is 2.20 bits per heavy atom. The third kappa shape index (κ3) is 2.15. The van der Waals surface area contributed by atoms with E-state index < -0.39 is 23.8 Å². The van der Waals surface area contributed by atoms with Crippen LogP contribution in [0, 0.1) is 11.7 Å². The third-order valence-electron chi connectivity index (χ3n) is 2.78. The van der Waals surface area contributed by atoms with Crippen LogP contribution in [-0.4, -0.2) is 11.0 Å². The van der Waals surface area contributed by atoms with E-state index in [9.17, 15) is 18.3 Å². The van der Waals surface area contributed by atoms with Crippen molar-refractivity contribution in [2.24, 2.45) is 5.92 Å². The highest BCUT2D eigenvalue weighted by Gasteiger charge is 2.48. The van der Waals surface area contributed by atoms with Crippen LogP contribution in [0.25, 0.3) is 0 Å². The maximum absolute atomic E-state index is 12.6. The summed E-state index contributed by atoms with van der Waals surface area (Å²) >= 11 is 0. The second kappa shape index (κ2) is 3.52. The van der Waals surface area contributed by atoms with Gasteiger partial charge in [-0.1, -0.05) is 12.1 Å². The van der Waals surface area contributed by atoms with Gasteiger partial charge in [-0.05, 0) is 17.7 Å². The Balaban J connectivity index is 2.03. The fourth-order valence-electron chi connectivity index (χ4n) is 1.86. The summed E-state index contributed by atoms with van der Waals surface area (Å²) in [7, 11) is 0. The van der Waals surface area contributed by atoms with Crippen LogP contribution < -0.4 is 0 Å². The van der Waals surface area contributed by atoms with Crippen LogP contribution in [0.5, 0.6) is 0 Å². The molecule has 1 saturated carbocycles. The van der Waals surface area contributed by atoms with Crippen molar-refractivity contribution < 1.29 is 18.3 Å². The molecule has 1 N–H and O–H groups in total. The van der Waals surface area contributed by atoms with Crippen LogP contribution in [0.4, 0.5) is 13.2 Å². The highest BCUT2D eigenvalue weighted by atomic mass is 19.3. The minimum Gasteiger partial charge on any atom is -0.388 e. The van der Waals surface area contributed by atoms with Crippen molar-refractivity contribution in [1.29, 1.82) is 0 Å². The molecule has 1 nitrogen and oxygen atoms in total. The van der Waals surface area contributed by atoms with Gasteiger partial charge in [-0.2, -0.15) is 0 Å². The first-order valence-electron chi connectivity index (χ1n) is 4.79. The van der Waals surface area contributed by atoms with E-state index in [1.54, 1.807) is 0 Å². The Bertz CT molecular complexity index is 339. The topological polar surface area (TPSA) is 20.2 Å². The summed E-state index contributed by atoms with van der Waals surface area (Å²) in [6, 6.07) is 5.29. The lowest BCUT2D eigenvalue weighted by molar-refractivity contribution is -0.142. The molecule has 1 aliphatic carbocycles. The molecule has 1 aromatic carbocycles. The number of rotatable bonds is 2. The van der Waals surface area contributed by atoms with Gasteiger partial charge in [0.15, 0.2) is 0 Å². The summed E-state index contributed by atoms with van der Waals surface area (Å²) in [5.74, 6) is -3.44. The Hall–Kier alpha value is -1.03. The zero-order valence-corrected chi connectivity index (χ0v) is 7.96. The summed E-state index contributed by atoms with van der Waals surface area (Å²) in [5, 5.41) is 9.71. The Labute approximate surface area is 85.5 Å². The molecule has 0 aliphatic heterocycles. The molecule has 2 rings (SSSR count). The van der Waals surface area contributed by atoms with Crippen molar-refractivity contribution in [3.8, 4) is 0 Å². The normalized spacial score (nSPS) is 22.1. The molecule has 1 atom stereocenters. The Kier molecular flexibility index (Phi) is 2.46. The van der Waals surface area contributed by atoms with Gasteiger partial charge in [-0.15, -0.1) is 0 Å². The quantitative estimate of drug-likeness (QED) is 0.805. The van der Waals surface area contributed by atoms with Crippen LogP contribution in [0.1, 0.15) is 24.5 Å². The molecule has 0 amide bonds. The van der Waals surface area contributed by atoms with E-state index in [2.05, 4.69) is 0 Å². The van der Waals surface area contributed by atoms with Crippen LogP contribution in [0.2, 0.25) is 0 Å². The van der Waals surface area contributed by atoms with E-state index in [1.807, 2.05) is 0 Å². The van der Waals surface area contributed by atoms with Crippen molar-refractivity contribution in [2.45, 2.75) is 24.9 Å². The minimum absolute atomic E-state index is 0.286. The van der Waals surface area contributed by atoms with E-state index in [0.717, 1.165) is 0 Å². The molecule has 0 bridgehead atoms. The zero-order chi connectivity index (χ0) is 11.1. The van der Waals surface area contributed by atoms with Crippen molar-refractivity contribution in [1.82, 2.24) is 0 Å². The maximum Gasteiger partial charge on any atom is 0.248 e. The van der Waals surface area contributed by atoms with Crippen molar-refractivity contribution in [3.05, 3.63) is 35.6 Å². The molecule has 1 fully saturated rings. The van der Waals surface area contributed by atoms with Gasteiger partial charge in [-0.3, -0.25) is 0 Å². The number of aliphatic hydroxyl groups is 1. The summed E-state index contributed by atoms with van der Waals surface area (Å²) in [5.41, 5.74) is 0.497. The van der Waals surface area contributed by atoms with Gasteiger partial charge >= 0.3 is 0 Å². The third-order valence-corrected chi connectivity index (χ3v) is 2.78. The van der Waals surface area contributed by atoms with Crippen LogP contribution in [0.15, 0.2) is 24.3 Å². The molecule has 1 aromatic rings. The SMILES string of the molecule is OC(c1ccc(F)cc1)C1CC(F)(F)C1. The average molecular weight is 216 g/mol. The average Bonchev–Trinajstić information content (AvgIpc) is 2.14. The maximum atomic E-state index is 12.6. The summed E-state index contributed by atoms with van der Waals surface area (Å²) in [6.45, 7) is 0. The zero-order valence-electron chi connectivity index (χ0n) is 7.96. The van der Waals surface area contributed by atoms with Crippen molar-refractivity contribution >= 4 is 0 Å². The largest absolute Gasteiger partial charge is 0.388 e. The first-order valence-corrected chi connectivity index (χ1v) is 4.79. The number of hydrogen-bond acceptors (Lipinski definition) is 1. The molecule has 4 heteroatoms. The van der Waals surface area contributed by atoms with Gasteiger partial charge in [0.25, 0.3) is 0 Å². The molecule has 0 spiro atoms. The number of hydrogen-bond donors (Lipinski definition) is 1. The molecule has 15 heavy (non-hydrogen) atoms. The second-order valence-electron chi connectivity index (χ2n) is 4.02. The van der Waals surface area contributed by atoms with Gasteiger partial charge in [0.1, 0.15) is 5.82 Å². The predicted molar refractivity (Wildman–Crippen MR) is 49.0 cm³/mol. The number of benzene rings is 1. The first-order chi connectivity index (χ1) is 6.98. The lowest BCUT2D eigenvalue weighted by Crippen LogP contribution is -2.38.